The van der Waals surface area contributed by atoms with Crippen LogP contribution in [0.15, 0.2) is 47.5 Å². The van der Waals surface area contributed by atoms with Crippen LogP contribution in [-0.2, 0) is 0 Å². The van der Waals surface area contributed by atoms with Gasteiger partial charge in [-0.15, -0.1) is 0 Å². The molecule has 2 aromatic heterocycles. The van der Waals surface area contributed by atoms with Crippen LogP contribution in [0.25, 0.3) is 5.52 Å². The molecule has 4 nitrogen and oxygen atoms in total. The zero-order chi connectivity index (χ0) is 14.8. The molecule has 0 bridgehead atoms. The first kappa shape index (κ1) is 14.2. The number of fused-ring (bicyclic) bond motifs is 1. The lowest BCUT2D eigenvalue weighted by Gasteiger charge is -2.18. The summed E-state index contributed by atoms with van der Waals surface area (Å²) < 4.78 is 16.8. The summed E-state index contributed by atoms with van der Waals surface area (Å²) in [7, 11) is 0. The summed E-state index contributed by atoms with van der Waals surface area (Å²) in [5.41, 5.74) is 2.36. The highest BCUT2D eigenvalue weighted by Crippen LogP contribution is 2.29. The minimum Gasteiger partial charge on any atom is -0.306 e. The number of hydrogen-bond donors (Lipinski definition) is 1. The number of nitrogens with zero attached hydrogens (tertiary/aromatic N) is 3. The predicted octanol–water partition coefficient (Wildman–Crippen LogP) is 3.33. The topological polar surface area (TPSA) is 42.2 Å². The monoisotopic (exact) mass is 348 g/mol. The molecule has 0 saturated carbocycles. The lowest BCUT2D eigenvalue weighted by molar-refractivity contribution is 0.560. The van der Waals surface area contributed by atoms with Gasteiger partial charge in [0.2, 0.25) is 0 Å². The molecule has 0 aliphatic rings. The maximum absolute atomic E-state index is 14.2. The molecule has 0 radical (unpaired) electrons. The van der Waals surface area contributed by atoms with Gasteiger partial charge >= 0.3 is 0 Å². The molecule has 1 aromatic carbocycles. The number of rotatable bonds is 4. The summed E-state index contributed by atoms with van der Waals surface area (Å²) in [4.78, 5) is 4.13. The van der Waals surface area contributed by atoms with Crippen molar-refractivity contribution in [2.45, 2.75) is 13.0 Å². The third kappa shape index (κ3) is 2.69. The summed E-state index contributed by atoms with van der Waals surface area (Å²) in [5.74, 6) is -0.243. The molecule has 1 unspecified atom stereocenters. The normalized spacial score (nSPS) is 12.7. The second-order valence-corrected chi connectivity index (χ2v) is 5.58. The Labute approximate surface area is 130 Å². The summed E-state index contributed by atoms with van der Waals surface area (Å²) in [6.45, 7) is 2.71. The van der Waals surface area contributed by atoms with Crippen LogP contribution in [0.2, 0.25) is 0 Å². The maximum Gasteiger partial charge on any atom is 0.128 e. The Kier molecular flexibility index (Phi) is 3.98. The minimum absolute atomic E-state index is 0.243. The van der Waals surface area contributed by atoms with Crippen LogP contribution in [0.3, 0.4) is 0 Å². The van der Waals surface area contributed by atoms with E-state index in [0.29, 0.717) is 12.1 Å². The third-order valence-electron chi connectivity index (χ3n) is 3.34. The average molecular weight is 349 g/mol. The Morgan fingerprint density at radius 2 is 2.19 bits per heavy atom. The molecule has 1 N–H and O–H groups in total. The third-order valence-corrected chi connectivity index (χ3v) is 3.84. The highest BCUT2D eigenvalue weighted by atomic mass is 79.9. The molecule has 21 heavy (non-hydrogen) atoms. The quantitative estimate of drug-likeness (QED) is 0.786. The van der Waals surface area contributed by atoms with Gasteiger partial charge in [-0.1, -0.05) is 22.9 Å². The van der Waals surface area contributed by atoms with Crippen molar-refractivity contribution in [1.82, 2.24) is 19.9 Å². The summed E-state index contributed by atoms with van der Waals surface area (Å²) in [5, 5.41) is 7.62. The van der Waals surface area contributed by atoms with Crippen molar-refractivity contribution >= 4 is 21.4 Å². The first-order chi connectivity index (χ1) is 10.2. The molecule has 0 aliphatic heterocycles. The standard InChI is InChI=1S/C15H14BrFN4/c1-2-19-15(11-7-10(16)3-4-13(11)17)12-8-20-21-6-5-18-9-14(12)21/h3-9,15,19H,2H2,1H3. The predicted molar refractivity (Wildman–Crippen MR) is 82.6 cm³/mol. The van der Waals surface area contributed by atoms with Crippen molar-refractivity contribution in [3.05, 3.63) is 64.4 Å². The second kappa shape index (κ2) is 5.91. The number of benzene rings is 1. The highest BCUT2D eigenvalue weighted by Gasteiger charge is 2.21. The van der Waals surface area contributed by atoms with Crippen molar-refractivity contribution in [1.29, 1.82) is 0 Å². The van der Waals surface area contributed by atoms with Gasteiger partial charge in [0.1, 0.15) is 5.82 Å². The molecular weight excluding hydrogens is 335 g/mol. The Morgan fingerprint density at radius 1 is 1.33 bits per heavy atom. The Morgan fingerprint density at radius 3 is 3.00 bits per heavy atom. The van der Waals surface area contributed by atoms with E-state index in [1.807, 2.05) is 6.92 Å². The molecule has 108 valence electrons. The summed E-state index contributed by atoms with van der Waals surface area (Å²) in [6, 6.07) is 4.68. The van der Waals surface area contributed by atoms with Crippen LogP contribution < -0.4 is 5.32 Å². The Hall–Kier alpha value is -1.79. The van der Waals surface area contributed by atoms with E-state index < -0.39 is 0 Å². The van der Waals surface area contributed by atoms with E-state index in [-0.39, 0.29) is 11.9 Å². The van der Waals surface area contributed by atoms with Gasteiger partial charge in [0.15, 0.2) is 0 Å². The van der Waals surface area contributed by atoms with Gasteiger partial charge in [0, 0.05) is 28.0 Å². The fraction of sp³-hybridized carbons (Fsp3) is 0.200. The SMILES string of the molecule is CCNC(c1cc(Br)ccc1F)c1cnn2ccncc12. The van der Waals surface area contributed by atoms with Gasteiger partial charge in [-0.2, -0.15) is 5.10 Å². The zero-order valence-corrected chi connectivity index (χ0v) is 13.0. The fourth-order valence-electron chi connectivity index (χ4n) is 2.40. The Balaban J connectivity index is 2.15. The minimum atomic E-state index is -0.269. The number of hydrogen-bond acceptors (Lipinski definition) is 3. The van der Waals surface area contributed by atoms with Crippen LogP contribution in [0.4, 0.5) is 4.39 Å². The molecular formula is C15H14BrFN4. The van der Waals surface area contributed by atoms with Gasteiger partial charge in [-0.25, -0.2) is 8.91 Å². The van der Waals surface area contributed by atoms with Gasteiger partial charge in [0.05, 0.1) is 24.0 Å². The van der Waals surface area contributed by atoms with E-state index in [1.54, 1.807) is 41.4 Å². The molecule has 0 fully saturated rings. The van der Waals surface area contributed by atoms with E-state index in [0.717, 1.165) is 15.6 Å². The zero-order valence-electron chi connectivity index (χ0n) is 11.4. The van der Waals surface area contributed by atoms with Crippen molar-refractivity contribution in [2.24, 2.45) is 0 Å². The smallest absolute Gasteiger partial charge is 0.128 e. The van der Waals surface area contributed by atoms with E-state index in [4.69, 9.17) is 0 Å². The molecule has 0 spiro atoms. The molecule has 3 rings (SSSR count). The van der Waals surface area contributed by atoms with Crippen molar-refractivity contribution in [3.63, 3.8) is 0 Å². The summed E-state index contributed by atoms with van der Waals surface area (Å²) in [6.07, 6.45) is 6.94. The van der Waals surface area contributed by atoms with Gasteiger partial charge < -0.3 is 5.32 Å². The van der Waals surface area contributed by atoms with Crippen LogP contribution >= 0.6 is 15.9 Å². The van der Waals surface area contributed by atoms with Crippen molar-refractivity contribution in [2.75, 3.05) is 6.54 Å². The van der Waals surface area contributed by atoms with E-state index >= 15 is 0 Å². The largest absolute Gasteiger partial charge is 0.306 e. The molecule has 1 atom stereocenters. The Bertz CT molecular complexity index is 771. The van der Waals surface area contributed by atoms with Gasteiger partial charge in [-0.3, -0.25) is 4.98 Å². The molecule has 0 amide bonds. The van der Waals surface area contributed by atoms with Crippen LogP contribution in [0.5, 0.6) is 0 Å². The van der Waals surface area contributed by atoms with E-state index in [1.165, 1.54) is 6.07 Å². The first-order valence-electron chi connectivity index (χ1n) is 6.66. The maximum atomic E-state index is 14.2. The molecule has 6 heteroatoms. The lowest BCUT2D eigenvalue weighted by atomic mass is 9.99. The van der Waals surface area contributed by atoms with Gasteiger partial charge in [-0.05, 0) is 24.7 Å². The number of aromatic nitrogens is 3. The molecule has 3 aromatic rings. The second-order valence-electron chi connectivity index (χ2n) is 4.66. The molecule has 2 heterocycles. The van der Waals surface area contributed by atoms with Crippen LogP contribution in [-0.4, -0.2) is 21.1 Å². The number of nitrogens with one attached hydrogen (secondary N) is 1. The molecule has 0 aliphatic carbocycles. The van der Waals surface area contributed by atoms with Gasteiger partial charge in [0.25, 0.3) is 0 Å². The molecule has 0 saturated heterocycles. The highest BCUT2D eigenvalue weighted by molar-refractivity contribution is 9.10. The average Bonchev–Trinajstić information content (AvgIpc) is 2.91. The lowest BCUT2D eigenvalue weighted by Crippen LogP contribution is -2.23. The van der Waals surface area contributed by atoms with E-state index in [9.17, 15) is 4.39 Å². The van der Waals surface area contributed by atoms with Crippen LogP contribution in [0.1, 0.15) is 24.1 Å². The van der Waals surface area contributed by atoms with Crippen molar-refractivity contribution < 1.29 is 4.39 Å². The number of halogens is 2. The van der Waals surface area contributed by atoms with Crippen LogP contribution in [0, 0.1) is 5.82 Å². The van der Waals surface area contributed by atoms with Crippen molar-refractivity contribution in [3.8, 4) is 0 Å². The fourth-order valence-corrected chi connectivity index (χ4v) is 2.78. The first-order valence-corrected chi connectivity index (χ1v) is 7.45. The summed E-state index contributed by atoms with van der Waals surface area (Å²) >= 11 is 3.40. The van der Waals surface area contributed by atoms with E-state index in [2.05, 4.69) is 31.3 Å².